The molecule has 1 unspecified atom stereocenters. The molecule has 0 aliphatic heterocycles. The van der Waals surface area contributed by atoms with Gasteiger partial charge >= 0.3 is 0 Å². The number of hydrogen-bond donors (Lipinski definition) is 0. The second-order valence-corrected chi connectivity index (χ2v) is 18.9. The van der Waals surface area contributed by atoms with Gasteiger partial charge in [-0.25, -0.2) is 0 Å². The van der Waals surface area contributed by atoms with E-state index in [4.69, 9.17) is 0 Å². The highest BCUT2D eigenvalue weighted by molar-refractivity contribution is 7.26. The summed E-state index contributed by atoms with van der Waals surface area (Å²) in [6.07, 6.45) is 2.02. The van der Waals surface area contributed by atoms with E-state index in [9.17, 15) is 0 Å². The van der Waals surface area contributed by atoms with Gasteiger partial charge in [-0.1, -0.05) is 134 Å². The van der Waals surface area contributed by atoms with Crippen molar-refractivity contribution in [3.05, 3.63) is 211 Å². The molecule has 0 saturated heterocycles. The Morgan fingerprint density at radius 3 is 1.89 bits per heavy atom. The first-order valence-corrected chi connectivity index (χ1v) is 23.4. The van der Waals surface area contributed by atoms with Crippen molar-refractivity contribution in [3.63, 3.8) is 0 Å². The molecule has 9 aromatic carbocycles. The number of hydrogen-bond acceptors (Lipinski definition) is 2. The van der Waals surface area contributed by atoms with E-state index >= 15 is 0 Å². The molecule has 0 spiro atoms. The van der Waals surface area contributed by atoms with Crippen LogP contribution in [0.4, 0.5) is 0 Å². The predicted molar refractivity (Wildman–Crippen MR) is 271 cm³/mol. The number of rotatable bonds is 8. The van der Waals surface area contributed by atoms with E-state index in [1.54, 1.807) is 0 Å². The molecule has 0 aliphatic rings. The number of nitrogens with zero attached hydrogens (tertiary/aromatic N) is 1. The summed E-state index contributed by atoms with van der Waals surface area (Å²) in [7, 11) is 0. The summed E-state index contributed by atoms with van der Waals surface area (Å²) in [6.45, 7) is 4.64. The van der Waals surface area contributed by atoms with Crippen molar-refractivity contribution in [3.8, 4) is 39.1 Å². The Balaban J connectivity index is 0.919. The predicted octanol–water partition coefficient (Wildman–Crippen LogP) is 17.6. The van der Waals surface area contributed by atoms with E-state index in [0.29, 0.717) is 5.92 Å². The van der Waals surface area contributed by atoms with E-state index in [-0.39, 0.29) is 0 Å². The number of benzene rings is 9. The van der Waals surface area contributed by atoms with Gasteiger partial charge in [0, 0.05) is 56.8 Å². The van der Waals surface area contributed by atoms with Crippen molar-refractivity contribution in [1.82, 2.24) is 4.57 Å². The van der Waals surface area contributed by atoms with Crippen LogP contribution in [0.5, 0.6) is 0 Å². The van der Waals surface area contributed by atoms with Crippen LogP contribution < -0.4 is 0 Å². The van der Waals surface area contributed by atoms with Crippen LogP contribution in [0.15, 0.2) is 194 Å². The standard InChI is InChI=1S/C59H43NS2/c1-3-38(43-35-50(59-53(36-43)49-21-11-14-24-57(49)62-59)42-27-30-58-52(34-42)48-20-10-13-23-56(48)61-58)32-41-15-7-8-18-46(41)45-28-25-39(31-37(45)2)40-26-29-55-51(33-40)47-19-9-12-22-54(47)60(55)44-16-5-4-6-17-44/h4-31,33-36,38H,3,32H2,1-2H3. The van der Waals surface area contributed by atoms with Crippen molar-refractivity contribution in [2.75, 3.05) is 0 Å². The van der Waals surface area contributed by atoms with Crippen molar-refractivity contribution < 1.29 is 0 Å². The average Bonchev–Trinajstić information content (AvgIpc) is 4.00. The minimum atomic E-state index is 0.355. The Morgan fingerprint density at radius 2 is 1.06 bits per heavy atom. The van der Waals surface area contributed by atoms with Gasteiger partial charge in [0.25, 0.3) is 0 Å². The molecular formula is C59H43NS2. The number of aromatic nitrogens is 1. The normalized spacial score (nSPS) is 12.4. The van der Waals surface area contributed by atoms with Crippen molar-refractivity contribution in [1.29, 1.82) is 0 Å². The lowest BCUT2D eigenvalue weighted by Crippen LogP contribution is -2.04. The zero-order valence-corrected chi connectivity index (χ0v) is 36.4. The summed E-state index contributed by atoms with van der Waals surface area (Å²) < 4.78 is 7.80. The summed E-state index contributed by atoms with van der Waals surface area (Å²) >= 11 is 3.82. The molecule has 0 N–H and O–H groups in total. The molecule has 0 bridgehead atoms. The maximum atomic E-state index is 2.53. The molecule has 0 radical (unpaired) electrons. The Kier molecular flexibility index (Phi) is 8.95. The maximum absolute atomic E-state index is 2.53. The van der Waals surface area contributed by atoms with Gasteiger partial charge in [0.05, 0.1) is 11.0 Å². The van der Waals surface area contributed by atoms with Crippen molar-refractivity contribution in [2.24, 2.45) is 0 Å². The van der Waals surface area contributed by atoms with Gasteiger partial charge in [-0.2, -0.15) is 0 Å². The van der Waals surface area contributed by atoms with E-state index in [0.717, 1.165) is 12.8 Å². The van der Waals surface area contributed by atoms with Crippen molar-refractivity contribution >= 4 is 84.8 Å². The zero-order valence-electron chi connectivity index (χ0n) is 34.7. The quantitative estimate of drug-likeness (QED) is 0.144. The smallest absolute Gasteiger partial charge is 0.0541 e. The number of aryl methyl sites for hydroxylation is 1. The lowest BCUT2D eigenvalue weighted by molar-refractivity contribution is 0.662. The van der Waals surface area contributed by atoms with Gasteiger partial charge in [0.2, 0.25) is 0 Å². The second kappa shape index (κ2) is 15.0. The first-order chi connectivity index (χ1) is 30.6. The third kappa shape index (κ3) is 6.10. The van der Waals surface area contributed by atoms with Crippen LogP contribution in [0.3, 0.4) is 0 Å². The maximum Gasteiger partial charge on any atom is 0.0541 e. The average molecular weight is 830 g/mol. The summed E-state index contributed by atoms with van der Waals surface area (Å²) in [6, 6.07) is 72.6. The third-order valence-electron chi connectivity index (χ3n) is 13.2. The molecule has 296 valence electrons. The second-order valence-electron chi connectivity index (χ2n) is 16.8. The highest BCUT2D eigenvalue weighted by Gasteiger charge is 2.21. The van der Waals surface area contributed by atoms with E-state index in [1.165, 1.54) is 118 Å². The molecular weight excluding hydrogens is 787 g/mol. The largest absolute Gasteiger partial charge is 0.309 e. The number of thiophene rings is 2. The lowest BCUT2D eigenvalue weighted by Gasteiger charge is -2.21. The number of fused-ring (bicyclic) bond motifs is 9. The van der Waals surface area contributed by atoms with Gasteiger partial charge in [-0.15, -0.1) is 22.7 Å². The molecule has 0 amide bonds. The van der Waals surface area contributed by atoms with Gasteiger partial charge < -0.3 is 4.57 Å². The van der Waals surface area contributed by atoms with E-state index in [2.05, 4.69) is 213 Å². The SMILES string of the molecule is CCC(Cc1ccccc1-c1ccc(-c2ccc3c(c2)c2ccccc2n3-c2ccccc2)cc1C)c1cc(-c2ccc3sc4ccccc4c3c2)c2sc3ccccc3c2c1. The van der Waals surface area contributed by atoms with Gasteiger partial charge in [0.15, 0.2) is 0 Å². The van der Waals surface area contributed by atoms with Gasteiger partial charge in [0.1, 0.15) is 0 Å². The van der Waals surface area contributed by atoms with Crippen molar-refractivity contribution in [2.45, 2.75) is 32.6 Å². The molecule has 1 atom stereocenters. The van der Waals surface area contributed by atoms with Crippen LogP contribution in [-0.2, 0) is 6.42 Å². The van der Waals surface area contributed by atoms with Gasteiger partial charge in [-0.3, -0.25) is 0 Å². The Morgan fingerprint density at radius 1 is 0.435 bits per heavy atom. The summed E-state index contributed by atoms with van der Waals surface area (Å²) in [5, 5.41) is 7.96. The summed E-state index contributed by atoms with van der Waals surface area (Å²) in [4.78, 5) is 0. The molecule has 0 saturated carbocycles. The van der Waals surface area contributed by atoms with Gasteiger partial charge in [-0.05, 0) is 142 Å². The summed E-state index contributed by atoms with van der Waals surface area (Å²) in [5.74, 6) is 0.355. The van der Waals surface area contributed by atoms with E-state index < -0.39 is 0 Å². The minimum Gasteiger partial charge on any atom is -0.309 e. The lowest BCUT2D eigenvalue weighted by atomic mass is 9.84. The third-order valence-corrected chi connectivity index (χ3v) is 15.5. The fourth-order valence-electron chi connectivity index (χ4n) is 10.1. The van der Waals surface area contributed by atoms with Crippen LogP contribution in [-0.4, -0.2) is 4.57 Å². The van der Waals surface area contributed by atoms with Crippen LogP contribution in [0.25, 0.3) is 101 Å². The monoisotopic (exact) mass is 829 g/mol. The van der Waals surface area contributed by atoms with Crippen LogP contribution in [0.2, 0.25) is 0 Å². The molecule has 12 rings (SSSR count). The van der Waals surface area contributed by atoms with Crippen LogP contribution in [0, 0.1) is 6.92 Å². The fourth-order valence-corrected chi connectivity index (χ4v) is 12.4. The Labute approximate surface area is 369 Å². The Bertz CT molecular complexity index is 3670. The topological polar surface area (TPSA) is 4.93 Å². The van der Waals surface area contributed by atoms with E-state index in [1.807, 2.05) is 22.7 Å². The molecule has 3 aromatic heterocycles. The summed E-state index contributed by atoms with van der Waals surface area (Å²) in [5.41, 5.74) is 15.5. The van der Waals surface area contributed by atoms with Crippen LogP contribution >= 0.6 is 22.7 Å². The molecule has 62 heavy (non-hydrogen) atoms. The molecule has 1 nitrogen and oxygen atoms in total. The van der Waals surface area contributed by atoms with Crippen LogP contribution in [0.1, 0.15) is 36.0 Å². The molecule has 3 heterocycles. The first-order valence-electron chi connectivity index (χ1n) is 21.7. The number of para-hydroxylation sites is 2. The molecule has 0 fully saturated rings. The molecule has 12 aromatic rings. The highest BCUT2D eigenvalue weighted by Crippen LogP contribution is 2.45. The molecule has 3 heteroatoms. The Hall–Kier alpha value is -6.78. The highest BCUT2D eigenvalue weighted by atomic mass is 32.1. The fraction of sp³-hybridized carbons (Fsp3) is 0.0847. The minimum absolute atomic E-state index is 0.355. The first kappa shape index (κ1) is 37.0. The molecule has 0 aliphatic carbocycles. The zero-order chi connectivity index (χ0) is 41.3.